The molecule has 0 radical (unpaired) electrons. The second-order valence-corrected chi connectivity index (χ2v) is 5.39. The van der Waals surface area contributed by atoms with Gasteiger partial charge in [0, 0.05) is 6.42 Å². The summed E-state index contributed by atoms with van der Waals surface area (Å²) in [6.07, 6.45) is 13.8. The second kappa shape index (κ2) is 5.51. The van der Waals surface area contributed by atoms with E-state index >= 15 is 0 Å². The zero-order valence-corrected chi connectivity index (χ0v) is 9.90. The summed E-state index contributed by atoms with van der Waals surface area (Å²) in [7, 11) is 0. The first kappa shape index (κ1) is 11.7. The summed E-state index contributed by atoms with van der Waals surface area (Å²) in [6, 6.07) is 0. The van der Waals surface area contributed by atoms with Gasteiger partial charge in [0.25, 0.3) is 0 Å². The molecule has 0 saturated heterocycles. The Bertz CT molecular complexity index is 270. The minimum atomic E-state index is -0.654. The van der Waals surface area contributed by atoms with Gasteiger partial charge in [0.15, 0.2) is 0 Å². The van der Waals surface area contributed by atoms with E-state index in [0.717, 1.165) is 30.6 Å². The van der Waals surface area contributed by atoms with Crippen molar-refractivity contribution in [3.05, 3.63) is 12.2 Å². The number of hydrogen-bond donors (Lipinski definition) is 1. The summed E-state index contributed by atoms with van der Waals surface area (Å²) in [4.78, 5) is 10.3. The molecule has 0 amide bonds. The molecule has 0 heterocycles. The van der Waals surface area contributed by atoms with Crippen LogP contribution in [0.25, 0.3) is 0 Å². The number of allylic oxidation sites excluding steroid dienone is 2. The first-order valence-electron chi connectivity index (χ1n) is 6.66. The zero-order valence-electron chi connectivity index (χ0n) is 9.90. The van der Waals surface area contributed by atoms with Crippen LogP contribution in [0, 0.1) is 17.8 Å². The van der Waals surface area contributed by atoms with Gasteiger partial charge in [-0.3, -0.25) is 4.79 Å². The first-order chi connectivity index (χ1) is 7.75. The predicted octanol–water partition coefficient (Wildman–Crippen LogP) is 3.62. The summed E-state index contributed by atoms with van der Waals surface area (Å²) < 4.78 is 0. The molecular formula is C14H22O2. The molecule has 1 N–H and O–H groups in total. The van der Waals surface area contributed by atoms with Crippen LogP contribution in [0.4, 0.5) is 0 Å². The maximum atomic E-state index is 10.3. The monoisotopic (exact) mass is 222 g/mol. The maximum Gasteiger partial charge on any atom is 0.303 e. The molecule has 16 heavy (non-hydrogen) atoms. The molecule has 0 aromatic carbocycles. The number of hydrogen-bond acceptors (Lipinski definition) is 1. The highest BCUT2D eigenvalue weighted by molar-refractivity contribution is 5.66. The van der Waals surface area contributed by atoms with Gasteiger partial charge in [-0.15, -0.1) is 0 Å². The molecule has 3 unspecified atom stereocenters. The molecule has 1 fully saturated rings. The van der Waals surface area contributed by atoms with Crippen LogP contribution in [0.2, 0.25) is 0 Å². The number of carboxylic acids is 1. The molecule has 2 aliphatic rings. The normalized spacial score (nSPS) is 31.1. The topological polar surface area (TPSA) is 37.3 Å². The Labute approximate surface area is 97.7 Å². The van der Waals surface area contributed by atoms with Crippen molar-refractivity contribution in [1.82, 2.24) is 0 Å². The zero-order chi connectivity index (χ0) is 11.4. The molecule has 0 aromatic rings. The highest BCUT2D eigenvalue weighted by Gasteiger charge is 2.34. The van der Waals surface area contributed by atoms with Crippen LogP contribution in [0.5, 0.6) is 0 Å². The molecule has 2 nitrogen and oxygen atoms in total. The predicted molar refractivity (Wildman–Crippen MR) is 64.2 cm³/mol. The number of aliphatic carboxylic acids is 1. The van der Waals surface area contributed by atoms with Crippen molar-refractivity contribution in [3.8, 4) is 0 Å². The maximum absolute atomic E-state index is 10.3. The molecule has 0 aliphatic heterocycles. The average Bonchev–Trinajstić information content (AvgIpc) is 2.84. The molecule has 2 bridgehead atoms. The van der Waals surface area contributed by atoms with E-state index in [2.05, 4.69) is 12.2 Å². The van der Waals surface area contributed by atoms with Crippen molar-refractivity contribution < 1.29 is 9.90 Å². The Balaban J connectivity index is 1.49. The lowest BCUT2D eigenvalue weighted by Gasteiger charge is -2.17. The lowest BCUT2D eigenvalue weighted by Crippen LogP contribution is -2.06. The average molecular weight is 222 g/mol. The van der Waals surface area contributed by atoms with E-state index in [9.17, 15) is 4.79 Å². The SMILES string of the molecule is O=C(O)CCCCCCC1CC2C=CC1C2. The van der Waals surface area contributed by atoms with E-state index in [1.165, 1.54) is 32.1 Å². The fraction of sp³-hybridized carbons (Fsp3) is 0.786. The molecule has 0 spiro atoms. The Morgan fingerprint density at radius 1 is 1.12 bits per heavy atom. The Hall–Kier alpha value is -0.790. The van der Waals surface area contributed by atoms with Gasteiger partial charge >= 0.3 is 5.97 Å². The standard InChI is InChI=1S/C14H22O2/c15-14(16)6-4-2-1-3-5-12-9-11-7-8-13(12)10-11/h7-8,11-13H,1-6,9-10H2,(H,15,16). The van der Waals surface area contributed by atoms with E-state index in [1.54, 1.807) is 0 Å². The number of unbranched alkanes of at least 4 members (excludes halogenated alkanes) is 3. The van der Waals surface area contributed by atoms with Crippen molar-refractivity contribution in [2.24, 2.45) is 17.8 Å². The van der Waals surface area contributed by atoms with Crippen molar-refractivity contribution in [2.45, 2.75) is 51.4 Å². The van der Waals surface area contributed by atoms with Crippen LogP contribution in [-0.2, 0) is 4.79 Å². The van der Waals surface area contributed by atoms with Crippen molar-refractivity contribution in [3.63, 3.8) is 0 Å². The summed E-state index contributed by atoms with van der Waals surface area (Å²) in [6.45, 7) is 0. The van der Waals surface area contributed by atoms with E-state index in [1.807, 2.05) is 0 Å². The van der Waals surface area contributed by atoms with Gasteiger partial charge in [-0.25, -0.2) is 0 Å². The molecule has 0 aromatic heterocycles. The Kier molecular flexibility index (Phi) is 4.03. The number of fused-ring (bicyclic) bond motifs is 2. The molecular weight excluding hydrogens is 200 g/mol. The third kappa shape index (κ3) is 3.10. The Morgan fingerprint density at radius 2 is 1.94 bits per heavy atom. The number of carbonyl (C=O) groups is 1. The molecule has 2 rings (SSSR count). The minimum absolute atomic E-state index is 0.344. The fourth-order valence-electron chi connectivity index (χ4n) is 3.26. The molecule has 2 heteroatoms. The van der Waals surface area contributed by atoms with E-state index in [0.29, 0.717) is 6.42 Å². The third-order valence-corrected chi connectivity index (χ3v) is 4.13. The van der Waals surface area contributed by atoms with Crippen LogP contribution in [-0.4, -0.2) is 11.1 Å². The fourth-order valence-corrected chi connectivity index (χ4v) is 3.26. The summed E-state index contributed by atoms with van der Waals surface area (Å²) in [5.41, 5.74) is 0. The minimum Gasteiger partial charge on any atom is -0.481 e. The van der Waals surface area contributed by atoms with E-state index < -0.39 is 5.97 Å². The molecule has 3 atom stereocenters. The van der Waals surface area contributed by atoms with E-state index in [4.69, 9.17) is 5.11 Å². The lowest BCUT2D eigenvalue weighted by molar-refractivity contribution is -0.137. The van der Waals surface area contributed by atoms with Gasteiger partial charge < -0.3 is 5.11 Å². The highest BCUT2D eigenvalue weighted by atomic mass is 16.4. The van der Waals surface area contributed by atoms with Gasteiger partial charge in [0.2, 0.25) is 0 Å². The summed E-state index contributed by atoms with van der Waals surface area (Å²) in [5.74, 6) is 2.05. The van der Waals surface area contributed by atoms with Crippen LogP contribution < -0.4 is 0 Å². The van der Waals surface area contributed by atoms with Crippen molar-refractivity contribution in [2.75, 3.05) is 0 Å². The smallest absolute Gasteiger partial charge is 0.303 e. The van der Waals surface area contributed by atoms with Crippen LogP contribution in [0.15, 0.2) is 12.2 Å². The lowest BCUT2D eigenvalue weighted by atomic mass is 9.88. The largest absolute Gasteiger partial charge is 0.481 e. The molecule has 90 valence electrons. The quantitative estimate of drug-likeness (QED) is 0.527. The second-order valence-electron chi connectivity index (χ2n) is 5.39. The third-order valence-electron chi connectivity index (χ3n) is 4.13. The summed E-state index contributed by atoms with van der Waals surface area (Å²) >= 11 is 0. The molecule has 1 saturated carbocycles. The molecule has 2 aliphatic carbocycles. The Morgan fingerprint density at radius 3 is 2.56 bits per heavy atom. The number of rotatable bonds is 7. The number of carboxylic acid groups (broad SMARTS) is 1. The van der Waals surface area contributed by atoms with Crippen LogP contribution in [0.3, 0.4) is 0 Å². The van der Waals surface area contributed by atoms with Gasteiger partial charge in [-0.05, 0) is 43.4 Å². The first-order valence-corrected chi connectivity index (χ1v) is 6.66. The highest BCUT2D eigenvalue weighted by Crippen LogP contribution is 2.45. The van der Waals surface area contributed by atoms with Crippen molar-refractivity contribution >= 4 is 5.97 Å². The van der Waals surface area contributed by atoms with Gasteiger partial charge in [-0.2, -0.15) is 0 Å². The van der Waals surface area contributed by atoms with Gasteiger partial charge in [-0.1, -0.05) is 31.4 Å². The van der Waals surface area contributed by atoms with Gasteiger partial charge in [0.1, 0.15) is 0 Å². The van der Waals surface area contributed by atoms with Gasteiger partial charge in [0.05, 0.1) is 0 Å². The van der Waals surface area contributed by atoms with Crippen molar-refractivity contribution in [1.29, 1.82) is 0 Å². The van der Waals surface area contributed by atoms with Crippen LogP contribution >= 0.6 is 0 Å². The summed E-state index contributed by atoms with van der Waals surface area (Å²) in [5, 5.41) is 8.51. The van der Waals surface area contributed by atoms with Crippen LogP contribution in [0.1, 0.15) is 51.4 Å². The van der Waals surface area contributed by atoms with E-state index in [-0.39, 0.29) is 0 Å².